The molecule has 31 heavy (non-hydrogen) atoms. The number of hydrogen-bond donors (Lipinski definition) is 2. The van der Waals surface area contributed by atoms with Gasteiger partial charge in [0.2, 0.25) is 0 Å². The van der Waals surface area contributed by atoms with Gasteiger partial charge in [-0.15, -0.1) is 0 Å². The lowest BCUT2D eigenvalue weighted by atomic mass is 9.93. The molecule has 0 amide bonds. The molecule has 0 bridgehead atoms. The topological polar surface area (TPSA) is 103 Å². The van der Waals surface area contributed by atoms with Crippen molar-refractivity contribution in [3.63, 3.8) is 0 Å². The van der Waals surface area contributed by atoms with Crippen LogP contribution in [-0.2, 0) is 0 Å². The summed E-state index contributed by atoms with van der Waals surface area (Å²) >= 11 is 0. The summed E-state index contributed by atoms with van der Waals surface area (Å²) in [6.45, 7) is 3.62. The molecule has 0 aliphatic carbocycles. The van der Waals surface area contributed by atoms with E-state index in [1.54, 1.807) is 40.4 Å². The van der Waals surface area contributed by atoms with Gasteiger partial charge in [-0.3, -0.25) is 0 Å². The lowest BCUT2D eigenvalue weighted by Gasteiger charge is -2.18. The fourth-order valence-electron chi connectivity index (χ4n) is 4.09. The van der Waals surface area contributed by atoms with Gasteiger partial charge < -0.3 is 29.2 Å². The number of rotatable bonds is 5. The van der Waals surface area contributed by atoms with Gasteiger partial charge >= 0.3 is 5.63 Å². The van der Waals surface area contributed by atoms with E-state index in [1.165, 1.54) is 6.07 Å². The summed E-state index contributed by atoms with van der Waals surface area (Å²) in [5.74, 6) is 1.85. The van der Waals surface area contributed by atoms with Crippen LogP contribution < -0.4 is 25.3 Å². The molecule has 162 valence electrons. The molecular formula is C23H24N2O6. The number of nitrogens with zero attached hydrogens (tertiary/aromatic N) is 1. The quantitative estimate of drug-likeness (QED) is 0.604. The average Bonchev–Trinajstić information content (AvgIpc) is 3.21. The number of methoxy groups -OCH3 is 3. The zero-order chi connectivity index (χ0) is 22.3. The van der Waals surface area contributed by atoms with E-state index >= 15 is 0 Å². The van der Waals surface area contributed by atoms with E-state index in [1.807, 2.05) is 13.0 Å². The van der Waals surface area contributed by atoms with Gasteiger partial charge in [-0.25, -0.2) is 4.79 Å². The molecule has 8 nitrogen and oxygen atoms in total. The van der Waals surface area contributed by atoms with Crippen molar-refractivity contribution in [1.82, 2.24) is 5.43 Å². The van der Waals surface area contributed by atoms with E-state index in [-0.39, 0.29) is 11.8 Å². The maximum Gasteiger partial charge on any atom is 0.336 e. The maximum atomic E-state index is 11.7. The highest BCUT2D eigenvalue weighted by molar-refractivity contribution is 6.09. The van der Waals surface area contributed by atoms with Crippen molar-refractivity contribution in [3.8, 4) is 23.0 Å². The molecule has 3 aromatic rings. The number of hydrogen-bond acceptors (Lipinski definition) is 8. The van der Waals surface area contributed by atoms with E-state index in [0.717, 1.165) is 11.1 Å². The van der Waals surface area contributed by atoms with Gasteiger partial charge in [0.25, 0.3) is 0 Å². The van der Waals surface area contributed by atoms with Crippen LogP contribution in [0.15, 0.2) is 38.6 Å². The van der Waals surface area contributed by atoms with Crippen molar-refractivity contribution in [2.45, 2.75) is 26.3 Å². The number of fused-ring (bicyclic) bond motifs is 1. The van der Waals surface area contributed by atoms with Crippen LogP contribution >= 0.6 is 0 Å². The molecule has 0 fully saturated rings. The number of ether oxygens (including phenoxy) is 3. The summed E-state index contributed by atoms with van der Waals surface area (Å²) in [6.07, 6.45) is 0.515. The van der Waals surface area contributed by atoms with E-state index in [0.29, 0.717) is 51.5 Å². The Hall–Kier alpha value is -3.68. The van der Waals surface area contributed by atoms with Crippen LogP contribution in [0, 0.1) is 13.8 Å². The molecule has 1 atom stereocenters. The summed E-state index contributed by atoms with van der Waals surface area (Å²) < 4.78 is 21.6. The summed E-state index contributed by atoms with van der Waals surface area (Å²) in [4.78, 5) is 11.7. The Balaban J connectivity index is 1.75. The highest BCUT2D eigenvalue weighted by atomic mass is 16.5. The van der Waals surface area contributed by atoms with Gasteiger partial charge in [0.1, 0.15) is 17.1 Å². The smallest absolute Gasteiger partial charge is 0.336 e. The van der Waals surface area contributed by atoms with E-state index in [2.05, 4.69) is 10.5 Å². The first-order valence-electron chi connectivity index (χ1n) is 9.77. The number of aromatic hydroxyl groups is 1. The van der Waals surface area contributed by atoms with Gasteiger partial charge in [-0.1, -0.05) is 0 Å². The Morgan fingerprint density at radius 2 is 1.68 bits per heavy atom. The Labute approximate surface area is 179 Å². The van der Waals surface area contributed by atoms with Crippen molar-refractivity contribution in [2.75, 3.05) is 21.3 Å². The molecule has 2 heterocycles. The van der Waals surface area contributed by atoms with Crippen LogP contribution in [0.4, 0.5) is 0 Å². The van der Waals surface area contributed by atoms with Gasteiger partial charge in [-0.05, 0) is 37.1 Å². The van der Waals surface area contributed by atoms with Crippen molar-refractivity contribution < 1.29 is 23.7 Å². The molecule has 1 aliphatic heterocycles. The van der Waals surface area contributed by atoms with Gasteiger partial charge in [-0.2, -0.15) is 5.10 Å². The van der Waals surface area contributed by atoms with Crippen LogP contribution in [0.25, 0.3) is 11.0 Å². The summed E-state index contributed by atoms with van der Waals surface area (Å²) in [6, 6.07) is 6.57. The minimum absolute atomic E-state index is 0.0525. The van der Waals surface area contributed by atoms with Crippen molar-refractivity contribution in [2.24, 2.45) is 5.10 Å². The predicted molar refractivity (Wildman–Crippen MR) is 117 cm³/mol. The van der Waals surface area contributed by atoms with Crippen molar-refractivity contribution in [1.29, 1.82) is 0 Å². The second kappa shape index (κ2) is 7.86. The van der Waals surface area contributed by atoms with Gasteiger partial charge in [0.15, 0.2) is 11.5 Å². The number of phenols is 1. The van der Waals surface area contributed by atoms with Crippen LogP contribution in [-0.4, -0.2) is 32.1 Å². The maximum absolute atomic E-state index is 11.7. The zero-order valence-corrected chi connectivity index (χ0v) is 18.0. The fraction of sp³-hybridized carbons (Fsp3) is 0.304. The van der Waals surface area contributed by atoms with E-state index < -0.39 is 5.63 Å². The highest BCUT2D eigenvalue weighted by Gasteiger charge is 2.29. The Bertz CT molecular complexity index is 1260. The third kappa shape index (κ3) is 3.43. The van der Waals surface area contributed by atoms with Crippen LogP contribution in [0.5, 0.6) is 23.0 Å². The second-order valence-electron chi connectivity index (χ2n) is 7.43. The Morgan fingerprint density at radius 3 is 2.35 bits per heavy atom. The third-order valence-corrected chi connectivity index (χ3v) is 5.55. The molecule has 0 unspecified atom stereocenters. The van der Waals surface area contributed by atoms with Crippen LogP contribution in [0.3, 0.4) is 0 Å². The van der Waals surface area contributed by atoms with Gasteiger partial charge in [0, 0.05) is 29.7 Å². The molecule has 8 heteroatoms. The lowest BCUT2D eigenvalue weighted by molar-refractivity contribution is 0.345. The minimum Gasteiger partial charge on any atom is -0.506 e. The molecule has 1 aromatic heterocycles. The minimum atomic E-state index is -0.447. The zero-order valence-electron chi connectivity index (χ0n) is 18.0. The molecule has 2 N–H and O–H groups in total. The molecule has 1 aliphatic rings. The number of hydrazone groups is 1. The monoisotopic (exact) mass is 424 g/mol. The molecule has 0 saturated heterocycles. The van der Waals surface area contributed by atoms with Crippen molar-refractivity contribution >= 4 is 16.7 Å². The fourth-order valence-corrected chi connectivity index (χ4v) is 4.09. The summed E-state index contributed by atoms with van der Waals surface area (Å²) in [7, 11) is 4.74. The highest BCUT2D eigenvalue weighted by Crippen LogP contribution is 2.41. The number of aryl methyl sites for hydroxylation is 2. The lowest BCUT2D eigenvalue weighted by Crippen LogP contribution is -2.12. The first-order chi connectivity index (χ1) is 14.9. The second-order valence-corrected chi connectivity index (χ2v) is 7.43. The average molecular weight is 424 g/mol. The van der Waals surface area contributed by atoms with Crippen LogP contribution in [0.1, 0.15) is 34.7 Å². The molecule has 0 radical (unpaired) electrons. The number of phenolic OH excluding ortho intramolecular Hbond substituents is 1. The van der Waals surface area contributed by atoms with Crippen LogP contribution in [0.2, 0.25) is 0 Å². The van der Waals surface area contributed by atoms with Gasteiger partial charge in [0.05, 0.1) is 38.5 Å². The molecule has 2 aromatic carbocycles. The Kier molecular flexibility index (Phi) is 5.22. The predicted octanol–water partition coefficient (Wildman–Crippen LogP) is 3.58. The SMILES string of the molecule is COc1cc(OC)c([C@@H]2CC(c3c(C)cc4oc(=O)cc(C)c4c3O)=NN2)cc1OC. The third-order valence-electron chi connectivity index (χ3n) is 5.55. The molecular weight excluding hydrogens is 400 g/mol. The summed E-state index contributed by atoms with van der Waals surface area (Å²) in [5, 5.41) is 16.0. The molecule has 0 spiro atoms. The van der Waals surface area contributed by atoms with Crippen molar-refractivity contribution in [3.05, 3.63) is 56.9 Å². The molecule has 0 saturated carbocycles. The van der Waals surface area contributed by atoms with E-state index in [4.69, 9.17) is 18.6 Å². The number of benzene rings is 2. The first-order valence-corrected chi connectivity index (χ1v) is 9.77. The number of nitrogens with one attached hydrogen (secondary N) is 1. The largest absolute Gasteiger partial charge is 0.506 e. The Morgan fingerprint density at radius 1 is 1.00 bits per heavy atom. The standard InChI is InChI=1S/C23H24N2O6/c1-11-6-19-22(12(2)7-20(26)31-19)23(27)21(11)15-9-14(24-25-15)13-8-17(29-4)18(30-5)10-16(13)28-3/h6-8,10,14,24,27H,9H2,1-5H3/t14-/m0/s1. The normalized spacial score (nSPS) is 15.5. The molecule has 4 rings (SSSR count). The van der Waals surface area contributed by atoms with E-state index in [9.17, 15) is 9.90 Å². The first kappa shape index (κ1) is 20.6. The summed E-state index contributed by atoms with van der Waals surface area (Å²) in [5.41, 5.74) is 6.64.